The molecule has 2 aromatic heterocycles. The quantitative estimate of drug-likeness (QED) is 0.00948. The molecule has 0 aliphatic carbocycles. The minimum absolute atomic E-state index is 0.0427. The van der Waals surface area contributed by atoms with Crippen LogP contribution >= 0.6 is 25.3 Å². The molecule has 3 heterocycles. The number of carbonyl (C=O) groups is 9. The van der Waals surface area contributed by atoms with Crippen LogP contribution < -0.4 is 54.4 Å². The van der Waals surface area contributed by atoms with Crippen LogP contribution in [0, 0.1) is 5.92 Å². The summed E-state index contributed by atoms with van der Waals surface area (Å²) < 4.78 is 0. The van der Waals surface area contributed by atoms with Crippen molar-refractivity contribution in [2.45, 2.75) is 114 Å². The molecule has 16 N–H and O–H groups in total. The zero-order chi connectivity index (χ0) is 54.8. The van der Waals surface area contributed by atoms with Crippen molar-refractivity contribution >= 4 is 95.4 Å². The number of rotatable bonds is 29. The number of benzene rings is 2. The molecule has 26 heteroatoms. The van der Waals surface area contributed by atoms with Crippen LogP contribution in [0.3, 0.4) is 0 Å². The fraction of sp³-hybridized carbons (Fsp3) is 0.449. The third kappa shape index (κ3) is 16.5. The zero-order valence-corrected chi connectivity index (χ0v) is 43.8. The highest BCUT2D eigenvalue weighted by molar-refractivity contribution is 7.80. The van der Waals surface area contributed by atoms with Crippen LogP contribution in [0.2, 0.25) is 0 Å². The number of quaternary nitrogens is 1. The number of para-hydroxylation sites is 1. The lowest BCUT2D eigenvalue weighted by molar-refractivity contribution is -0.307. The summed E-state index contributed by atoms with van der Waals surface area (Å²) in [5.41, 5.74) is 17.3. The second-order valence-electron chi connectivity index (χ2n) is 18.2. The van der Waals surface area contributed by atoms with Gasteiger partial charge in [0.25, 0.3) is 5.91 Å². The molecule has 404 valence electrons. The first-order valence-electron chi connectivity index (χ1n) is 24.5. The monoisotopic (exact) mass is 1070 g/mol. The Morgan fingerprint density at radius 1 is 0.747 bits per heavy atom. The highest BCUT2D eigenvalue weighted by Crippen LogP contribution is 2.21. The summed E-state index contributed by atoms with van der Waals surface area (Å²) in [6, 6.07) is 5.56. The summed E-state index contributed by atoms with van der Waals surface area (Å²) in [6.07, 6.45) is 5.45. The number of imide groups is 1. The number of hydrogen-bond acceptors (Lipinski definition) is 13. The van der Waals surface area contributed by atoms with Crippen LogP contribution in [0.4, 0.5) is 4.79 Å². The van der Waals surface area contributed by atoms with Crippen molar-refractivity contribution in [3.05, 3.63) is 90.1 Å². The number of nitrogens with two attached hydrogens (primary N) is 2. The van der Waals surface area contributed by atoms with Crippen LogP contribution in [0.25, 0.3) is 10.9 Å². The molecule has 1 aliphatic rings. The summed E-state index contributed by atoms with van der Waals surface area (Å²) in [5, 5.41) is 19.6. The molecule has 0 saturated carbocycles. The van der Waals surface area contributed by atoms with Gasteiger partial charge in [-0.15, -0.1) is 0 Å². The van der Waals surface area contributed by atoms with Gasteiger partial charge >= 0.3 is 11.9 Å². The van der Waals surface area contributed by atoms with E-state index in [1.54, 1.807) is 43.5 Å². The summed E-state index contributed by atoms with van der Waals surface area (Å²) in [7, 11) is 0. The number of aromatic amines is 2. The Labute approximate surface area is 444 Å². The van der Waals surface area contributed by atoms with Gasteiger partial charge in [0.1, 0.15) is 42.3 Å². The predicted octanol–water partition coefficient (Wildman–Crippen LogP) is -1.75. The average Bonchev–Trinajstić information content (AvgIpc) is 4.14. The number of carbonyl (C=O) groups excluding carboxylic acids is 9. The molecule has 75 heavy (non-hydrogen) atoms. The number of imidazole rings is 1. The molecule has 0 radical (unpaired) electrons. The molecule has 0 spiro atoms. The van der Waals surface area contributed by atoms with Crippen molar-refractivity contribution in [1.29, 1.82) is 0 Å². The van der Waals surface area contributed by atoms with E-state index in [0.717, 1.165) is 21.4 Å². The summed E-state index contributed by atoms with van der Waals surface area (Å²) in [4.78, 5) is 138. The van der Waals surface area contributed by atoms with Gasteiger partial charge in [-0.05, 0) is 55.7 Å². The number of aromatic nitrogens is 3. The number of H-pyrrole nitrogens is 2. The van der Waals surface area contributed by atoms with Crippen molar-refractivity contribution < 1.29 is 48.9 Å². The first kappa shape index (κ1) is 58.4. The Kier molecular flexibility index (Phi) is 22.0. The maximum Gasteiger partial charge on any atom is 0.332 e. The number of nitrogens with zero attached hydrogens (tertiary/aromatic N) is 3. The van der Waals surface area contributed by atoms with E-state index in [1.807, 2.05) is 31.2 Å². The largest absolute Gasteiger partial charge is 0.370 e. The molecule has 2 aromatic carbocycles. The number of guanidine groups is 1. The number of amides is 10. The van der Waals surface area contributed by atoms with Gasteiger partial charge in [-0.2, -0.15) is 25.3 Å². The number of aliphatic imine (C=N–C) groups is 1. The van der Waals surface area contributed by atoms with Crippen molar-refractivity contribution in [3.8, 4) is 0 Å². The molecular formula is C49H68N15O9S2+. The van der Waals surface area contributed by atoms with Gasteiger partial charge in [0, 0.05) is 59.9 Å². The fourth-order valence-corrected chi connectivity index (χ4v) is 8.89. The van der Waals surface area contributed by atoms with Gasteiger partial charge in [0.2, 0.25) is 35.4 Å². The molecule has 1 aliphatic heterocycles. The first-order valence-corrected chi connectivity index (χ1v) is 25.8. The van der Waals surface area contributed by atoms with Gasteiger partial charge in [-0.1, -0.05) is 68.8 Å². The molecule has 4 aromatic rings. The van der Waals surface area contributed by atoms with Gasteiger partial charge in [0.15, 0.2) is 12.0 Å². The van der Waals surface area contributed by atoms with E-state index in [9.17, 15) is 43.2 Å². The van der Waals surface area contributed by atoms with E-state index in [-0.39, 0.29) is 62.0 Å². The summed E-state index contributed by atoms with van der Waals surface area (Å²) in [5.74, 6) is -6.70. The van der Waals surface area contributed by atoms with Gasteiger partial charge < -0.3 is 58.7 Å². The Hall–Kier alpha value is -7.45. The van der Waals surface area contributed by atoms with E-state index in [4.69, 9.17) is 11.5 Å². The van der Waals surface area contributed by atoms with Crippen LogP contribution in [-0.4, -0.2) is 145 Å². The topological polar surface area (TPSA) is 378 Å². The Bertz CT molecular complexity index is 2670. The lowest BCUT2D eigenvalue weighted by Gasteiger charge is -2.28. The number of hydrogen-bond donors (Lipinski definition) is 14. The first-order chi connectivity index (χ1) is 35.8. The van der Waals surface area contributed by atoms with Crippen molar-refractivity contribution in [3.63, 3.8) is 0 Å². The van der Waals surface area contributed by atoms with Crippen LogP contribution in [0.15, 0.2) is 78.3 Å². The summed E-state index contributed by atoms with van der Waals surface area (Å²) >= 11 is 8.43. The minimum Gasteiger partial charge on any atom is -0.370 e. The summed E-state index contributed by atoms with van der Waals surface area (Å²) in [6.45, 7) is 5.07. The molecule has 10 amide bonds. The second kappa shape index (κ2) is 28.3. The highest BCUT2D eigenvalue weighted by atomic mass is 32.1. The van der Waals surface area contributed by atoms with E-state index in [2.05, 4.69) is 88.2 Å². The third-order valence-electron chi connectivity index (χ3n) is 12.8. The number of nitrogens with one attached hydrogen (secondary N) is 9. The second-order valence-corrected chi connectivity index (χ2v) is 19.0. The minimum atomic E-state index is -1.40. The van der Waals surface area contributed by atoms with Gasteiger partial charge in [-0.25, -0.2) is 19.5 Å². The molecule has 0 bridgehead atoms. The zero-order valence-electron chi connectivity index (χ0n) is 42.0. The smallest absolute Gasteiger partial charge is 0.332 e. The van der Waals surface area contributed by atoms with E-state index in [0.29, 0.717) is 24.1 Å². The van der Waals surface area contributed by atoms with Gasteiger partial charge in [0.05, 0.1) is 6.33 Å². The SMILES string of the molecule is CCC(C)C1NC(=O)N(C(CS)C(=O)NC(C)C(=O)NC(Cc2cnc[nH]2)C(=O)NC(Cc2ccccc2)C(=O)NC(CCCN=C(N)N)C(=O)NC(CCc2c[nH]c3ccccc23)C(=O)NC(CS)C([NH3+])=O)C1=O. The van der Waals surface area contributed by atoms with Crippen LogP contribution in [-0.2, 0) is 57.6 Å². The average molecular weight is 1080 g/mol. The Balaban J connectivity index is 1.38. The number of thiol groups is 2. The van der Waals surface area contributed by atoms with E-state index in [1.165, 1.54) is 19.4 Å². The number of aryl methyl sites for hydroxylation is 1. The molecular weight excluding hydrogens is 1010 g/mol. The van der Waals surface area contributed by atoms with Crippen molar-refractivity contribution in [1.82, 2.24) is 57.1 Å². The number of fused-ring (bicyclic) bond motifs is 1. The molecule has 24 nitrogen and oxygen atoms in total. The Morgan fingerprint density at radius 2 is 1.35 bits per heavy atom. The maximum absolute atomic E-state index is 14.6. The van der Waals surface area contributed by atoms with Crippen molar-refractivity contribution in [2.24, 2.45) is 22.4 Å². The predicted molar refractivity (Wildman–Crippen MR) is 284 cm³/mol. The molecule has 9 atom stereocenters. The standard InChI is InChI=1S/C49H67N15O9S2/c1-4-26(2)39-47(72)64(49(73)63-39)38(24-75)46(71)57-27(3)41(66)60-36(20-30-22-53-25-56-30)45(70)61-35(19-28-11-6-5-7-12-28)44(69)58-33(15-10-18-54-48(51)52)42(67)59-34(43(68)62-37(23-74)40(50)65)17-16-29-21-55-32-14-9-8-13-31(29)32/h5-9,11-14,21-22,25-27,33-39,55,74-75H,4,10,15-20,23-24H2,1-3H3,(H2,50,65)(H,53,56)(H,57,71)(H,58,69)(H,59,67)(H,60,66)(H,61,70)(H,62,68)(H,63,73)(H4,51,52,54)/p+1. The molecule has 1 fully saturated rings. The third-order valence-corrected chi connectivity index (χ3v) is 13.5. The van der Waals surface area contributed by atoms with Crippen LogP contribution in [0.5, 0.6) is 0 Å². The fourth-order valence-electron chi connectivity index (χ4n) is 8.27. The lowest BCUT2D eigenvalue weighted by atomic mass is 9.99. The lowest BCUT2D eigenvalue weighted by Crippen LogP contribution is -2.68. The maximum atomic E-state index is 14.6. The van der Waals surface area contributed by atoms with Crippen molar-refractivity contribution in [2.75, 3.05) is 18.1 Å². The van der Waals surface area contributed by atoms with E-state index < -0.39 is 102 Å². The normalized spacial score (nSPS) is 16.5. The molecule has 9 unspecified atom stereocenters. The van der Waals surface area contributed by atoms with Gasteiger partial charge in [-0.3, -0.25) is 44.3 Å². The molecule has 5 rings (SSSR count). The Morgan fingerprint density at radius 3 is 1.96 bits per heavy atom. The molecule has 1 saturated heterocycles. The van der Waals surface area contributed by atoms with E-state index >= 15 is 0 Å². The highest BCUT2D eigenvalue weighted by Gasteiger charge is 2.46. The number of urea groups is 1. The van der Waals surface area contributed by atoms with Crippen LogP contribution in [0.1, 0.15) is 63.3 Å².